The molecule has 0 bridgehead atoms. The van der Waals surface area contributed by atoms with Gasteiger partial charge in [0.25, 0.3) is 5.56 Å². The van der Waals surface area contributed by atoms with Crippen LogP contribution in [-0.4, -0.2) is 28.5 Å². The number of aromatic nitrogens is 2. The SMILES string of the molecule is CC1CCc2c(sc3nc(CCC(=O)NCC(N)C4CC4)[nH]c(=O)c23)C1.Cl. The number of rotatable bonds is 6. The Bertz CT molecular complexity index is 890. The van der Waals surface area contributed by atoms with E-state index in [-0.39, 0.29) is 29.9 Å². The molecule has 0 radical (unpaired) electrons. The normalized spacial score (nSPS) is 20.0. The summed E-state index contributed by atoms with van der Waals surface area (Å²) in [6, 6.07) is 0.0630. The van der Waals surface area contributed by atoms with Crippen molar-refractivity contribution in [1.29, 1.82) is 0 Å². The first-order valence-corrected chi connectivity index (χ1v) is 10.4. The van der Waals surface area contributed by atoms with Crippen molar-refractivity contribution in [1.82, 2.24) is 15.3 Å². The molecule has 0 saturated heterocycles. The molecule has 8 heteroatoms. The Kier molecular flexibility index (Phi) is 6.23. The van der Waals surface area contributed by atoms with Gasteiger partial charge >= 0.3 is 0 Å². The van der Waals surface area contributed by atoms with Crippen molar-refractivity contribution in [2.75, 3.05) is 6.54 Å². The number of nitrogens with one attached hydrogen (secondary N) is 2. The molecule has 2 atom stereocenters. The first-order chi connectivity index (χ1) is 12.5. The summed E-state index contributed by atoms with van der Waals surface area (Å²) < 4.78 is 0. The van der Waals surface area contributed by atoms with Crippen molar-refractivity contribution in [3.63, 3.8) is 0 Å². The summed E-state index contributed by atoms with van der Waals surface area (Å²) in [5.74, 6) is 1.79. The summed E-state index contributed by atoms with van der Waals surface area (Å²) in [5, 5.41) is 3.65. The molecule has 2 aromatic rings. The minimum atomic E-state index is -0.0618. The van der Waals surface area contributed by atoms with E-state index in [1.807, 2.05) is 0 Å². The Labute approximate surface area is 168 Å². The largest absolute Gasteiger partial charge is 0.355 e. The summed E-state index contributed by atoms with van der Waals surface area (Å²) in [6.07, 6.45) is 6.22. The fourth-order valence-corrected chi connectivity index (χ4v) is 5.16. The van der Waals surface area contributed by atoms with E-state index in [9.17, 15) is 9.59 Å². The van der Waals surface area contributed by atoms with Gasteiger partial charge in [0.1, 0.15) is 10.7 Å². The highest BCUT2D eigenvalue weighted by Crippen LogP contribution is 2.35. The van der Waals surface area contributed by atoms with E-state index in [2.05, 4.69) is 22.2 Å². The van der Waals surface area contributed by atoms with Gasteiger partial charge < -0.3 is 16.0 Å². The van der Waals surface area contributed by atoms with E-state index in [1.165, 1.54) is 23.3 Å². The number of aromatic amines is 1. The van der Waals surface area contributed by atoms with Crippen molar-refractivity contribution in [2.45, 2.75) is 57.9 Å². The highest BCUT2D eigenvalue weighted by atomic mass is 35.5. The van der Waals surface area contributed by atoms with Crippen molar-refractivity contribution in [2.24, 2.45) is 17.6 Å². The molecule has 2 aromatic heterocycles. The Balaban J connectivity index is 0.00000210. The van der Waals surface area contributed by atoms with Gasteiger partial charge in [-0.3, -0.25) is 9.59 Å². The third-order valence-electron chi connectivity index (χ3n) is 5.57. The van der Waals surface area contributed by atoms with E-state index in [1.54, 1.807) is 11.3 Å². The number of fused-ring (bicyclic) bond motifs is 3. The number of carbonyl (C=O) groups excluding carboxylic acids is 1. The number of carbonyl (C=O) groups is 1. The van der Waals surface area contributed by atoms with Crippen molar-refractivity contribution >= 4 is 39.9 Å². The number of H-pyrrole nitrogens is 1. The Hall–Kier alpha value is -1.44. The Morgan fingerprint density at radius 1 is 1.41 bits per heavy atom. The van der Waals surface area contributed by atoms with Crippen LogP contribution in [0.4, 0.5) is 0 Å². The summed E-state index contributed by atoms with van der Waals surface area (Å²) in [7, 11) is 0. The van der Waals surface area contributed by atoms with Gasteiger partial charge in [-0.25, -0.2) is 4.98 Å². The van der Waals surface area contributed by atoms with Gasteiger partial charge in [-0.05, 0) is 49.5 Å². The highest BCUT2D eigenvalue weighted by molar-refractivity contribution is 7.18. The van der Waals surface area contributed by atoms with Crippen LogP contribution in [0, 0.1) is 11.8 Å². The fraction of sp³-hybridized carbons (Fsp3) is 0.632. The molecule has 2 unspecified atom stereocenters. The number of amides is 1. The lowest BCUT2D eigenvalue weighted by Gasteiger charge is -2.17. The molecule has 4 N–H and O–H groups in total. The monoisotopic (exact) mass is 410 g/mol. The Morgan fingerprint density at radius 3 is 2.93 bits per heavy atom. The third kappa shape index (κ3) is 4.52. The topological polar surface area (TPSA) is 101 Å². The minimum absolute atomic E-state index is 0. The second-order valence-electron chi connectivity index (χ2n) is 7.85. The fourth-order valence-electron chi connectivity index (χ4n) is 3.75. The quantitative estimate of drug-likeness (QED) is 0.680. The number of nitrogens with two attached hydrogens (primary N) is 1. The van der Waals surface area contributed by atoms with Crippen molar-refractivity contribution in [3.05, 3.63) is 26.6 Å². The van der Waals surface area contributed by atoms with E-state index in [0.717, 1.165) is 29.5 Å². The van der Waals surface area contributed by atoms with Crippen LogP contribution in [0.1, 0.15) is 48.9 Å². The molecule has 2 aliphatic rings. The maximum atomic E-state index is 12.5. The van der Waals surface area contributed by atoms with Crippen LogP contribution < -0.4 is 16.6 Å². The number of hydrogen-bond acceptors (Lipinski definition) is 5. The van der Waals surface area contributed by atoms with Gasteiger partial charge in [0.2, 0.25) is 5.91 Å². The molecule has 27 heavy (non-hydrogen) atoms. The molecule has 0 aliphatic heterocycles. The van der Waals surface area contributed by atoms with Crippen LogP contribution in [0.25, 0.3) is 10.2 Å². The highest BCUT2D eigenvalue weighted by Gasteiger charge is 2.28. The van der Waals surface area contributed by atoms with Crippen molar-refractivity contribution in [3.8, 4) is 0 Å². The zero-order valence-corrected chi connectivity index (χ0v) is 17.2. The summed E-state index contributed by atoms with van der Waals surface area (Å²) >= 11 is 1.64. The summed E-state index contributed by atoms with van der Waals surface area (Å²) in [4.78, 5) is 34.2. The lowest BCUT2D eigenvalue weighted by atomic mass is 9.89. The smallest absolute Gasteiger partial charge is 0.259 e. The number of nitrogens with zero attached hydrogens (tertiary/aromatic N) is 1. The van der Waals surface area contributed by atoms with E-state index < -0.39 is 0 Å². The van der Waals surface area contributed by atoms with Gasteiger partial charge in [-0.1, -0.05) is 6.92 Å². The first kappa shape index (κ1) is 20.3. The number of halogens is 1. The Morgan fingerprint density at radius 2 is 2.19 bits per heavy atom. The number of thiophene rings is 1. The third-order valence-corrected chi connectivity index (χ3v) is 6.71. The van der Waals surface area contributed by atoms with E-state index >= 15 is 0 Å². The standard InChI is InChI=1S/C19H26N4O2S.ClH/c1-10-2-5-12-14(8-10)26-19-17(12)18(25)22-15(23-19)6-7-16(24)21-9-13(20)11-3-4-11;/h10-11,13H,2-9,20H2,1H3,(H,21,24)(H,22,23,25);1H. The lowest BCUT2D eigenvalue weighted by molar-refractivity contribution is -0.121. The maximum Gasteiger partial charge on any atom is 0.259 e. The van der Waals surface area contributed by atoms with Crippen LogP contribution in [0.15, 0.2) is 4.79 Å². The van der Waals surface area contributed by atoms with Gasteiger partial charge in [-0.15, -0.1) is 23.7 Å². The molecule has 0 aromatic carbocycles. The van der Waals surface area contributed by atoms with Gasteiger partial charge in [0.15, 0.2) is 0 Å². The maximum absolute atomic E-state index is 12.5. The van der Waals surface area contributed by atoms with Crippen LogP contribution >= 0.6 is 23.7 Å². The van der Waals surface area contributed by atoms with E-state index in [0.29, 0.717) is 37.0 Å². The second kappa shape index (κ2) is 8.29. The second-order valence-corrected chi connectivity index (χ2v) is 8.93. The van der Waals surface area contributed by atoms with Gasteiger partial charge in [-0.2, -0.15) is 0 Å². The molecule has 2 heterocycles. The van der Waals surface area contributed by atoms with Crippen LogP contribution in [0.2, 0.25) is 0 Å². The van der Waals surface area contributed by atoms with Gasteiger partial charge in [0.05, 0.1) is 5.39 Å². The molecule has 1 fully saturated rings. The molecule has 0 spiro atoms. The summed E-state index contributed by atoms with van der Waals surface area (Å²) in [6.45, 7) is 2.78. The zero-order valence-electron chi connectivity index (χ0n) is 15.5. The molecule has 6 nitrogen and oxygen atoms in total. The number of hydrogen-bond donors (Lipinski definition) is 3. The van der Waals surface area contributed by atoms with Gasteiger partial charge in [0, 0.05) is 30.3 Å². The molecule has 148 valence electrons. The molecular weight excluding hydrogens is 384 g/mol. The molecule has 4 rings (SSSR count). The van der Waals surface area contributed by atoms with Crippen LogP contribution in [0.3, 0.4) is 0 Å². The first-order valence-electron chi connectivity index (χ1n) is 9.57. The molecular formula is C19H27ClN4O2S. The average Bonchev–Trinajstić information content (AvgIpc) is 3.39. The molecule has 2 aliphatic carbocycles. The zero-order chi connectivity index (χ0) is 18.3. The minimum Gasteiger partial charge on any atom is -0.355 e. The predicted octanol–water partition coefficient (Wildman–Crippen LogP) is 2.32. The number of aryl methyl sites for hydroxylation is 2. The molecule has 1 saturated carbocycles. The average molecular weight is 411 g/mol. The van der Waals surface area contributed by atoms with Crippen LogP contribution in [-0.2, 0) is 24.1 Å². The molecule has 1 amide bonds. The van der Waals surface area contributed by atoms with Crippen molar-refractivity contribution < 1.29 is 4.79 Å². The predicted molar refractivity (Wildman–Crippen MR) is 111 cm³/mol. The van der Waals surface area contributed by atoms with Crippen LogP contribution in [0.5, 0.6) is 0 Å². The van der Waals surface area contributed by atoms with E-state index in [4.69, 9.17) is 5.73 Å². The lowest BCUT2D eigenvalue weighted by Crippen LogP contribution is -2.38. The summed E-state index contributed by atoms with van der Waals surface area (Å²) in [5.41, 5.74) is 7.13.